The summed E-state index contributed by atoms with van der Waals surface area (Å²) >= 11 is 6.45. The van der Waals surface area contributed by atoms with Crippen LogP contribution in [0.1, 0.15) is 38.4 Å². The molecule has 2 aromatic heterocycles. The number of halogens is 1. The third-order valence-electron chi connectivity index (χ3n) is 7.50. The summed E-state index contributed by atoms with van der Waals surface area (Å²) in [6.45, 7) is 4.21. The van der Waals surface area contributed by atoms with E-state index in [1.165, 1.54) is 0 Å². The maximum atomic E-state index is 13.3. The summed E-state index contributed by atoms with van der Waals surface area (Å²) in [5.74, 6) is 0.141. The average Bonchev–Trinajstić information content (AvgIpc) is 3.39. The molecule has 0 atom stereocenters. The number of nitrogens with zero attached hydrogens (tertiary/aromatic N) is 4. The molecule has 3 N–H and O–H groups in total. The number of benzene rings is 2. The van der Waals surface area contributed by atoms with E-state index in [0.717, 1.165) is 58.8 Å². The van der Waals surface area contributed by atoms with Crippen LogP contribution in [0.5, 0.6) is 5.75 Å². The minimum absolute atomic E-state index is 0.0295. The van der Waals surface area contributed by atoms with Gasteiger partial charge in [0.25, 0.3) is 5.91 Å². The first-order valence-corrected chi connectivity index (χ1v) is 13.0. The number of nitrogens with one attached hydrogen (secondary N) is 1. The molecule has 2 aromatic carbocycles. The summed E-state index contributed by atoms with van der Waals surface area (Å²) in [7, 11) is 3.74. The van der Waals surface area contributed by atoms with Crippen molar-refractivity contribution in [3.63, 3.8) is 0 Å². The highest BCUT2D eigenvalue weighted by atomic mass is 35.5. The molecule has 1 aliphatic rings. The van der Waals surface area contributed by atoms with Gasteiger partial charge in [-0.25, -0.2) is 0 Å². The second-order valence-electron chi connectivity index (χ2n) is 9.82. The largest absolute Gasteiger partial charge is 0.508 e. The quantitative estimate of drug-likeness (QED) is 0.326. The monoisotopic (exact) mass is 533 g/mol. The van der Waals surface area contributed by atoms with Crippen molar-refractivity contribution in [2.45, 2.75) is 32.9 Å². The van der Waals surface area contributed by atoms with Gasteiger partial charge in [-0.3, -0.25) is 14.4 Å². The molecule has 1 aliphatic heterocycles. The standard InChI is InChI=1S/C29H32ClN5O3/c1-18-23(29(38)32-25-15-31-34(3)26(25)10-12-36)14-27(33(18)2)24-13-21(30)8-7-20(24)17-35-11-9-22-19(16-35)5-4-6-28(22)37/h4-8,13-15,36-37H,9-12,16-17H2,1-3H3,(H,32,38). The van der Waals surface area contributed by atoms with Crippen molar-refractivity contribution in [1.82, 2.24) is 19.2 Å². The lowest BCUT2D eigenvalue weighted by Gasteiger charge is -2.30. The fourth-order valence-electron chi connectivity index (χ4n) is 5.30. The molecule has 5 rings (SSSR count). The smallest absolute Gasteiger partial charge is 0.257 e. The number of aromatic nitrogens is 3. The van der Waals surface area contributed by atoms with Gasteiger partial charge in [-0.2, -0.15) is 5.10 Å². The van der Waals surface area contributed by atoms with Gasteiger partial charge in [0, 0.05) is 68.7 Å². The number of phenols is 1. The molecule has 0 aliphatic carbocycles. The van der Waals surface area contributed by atoms with E-state index >= 15 is 0 Å². The predicted molar refractivity (Wildman–Crippen MR) is 148 cm³/mol. The van der Waals surface area contributed by atoms with Crippen molar-refractivity contribution >= 4 is 23.2 Å². The zero-order valence-electron chi connectivity index (χ0n) is 21.8. The molecule has 1 amide bonds. The third-order valence-corrected chi connectivity index (χ3v) is 7.74. The summed E-state index contributed by atoms with van der Waals surface area (Å²) in [6, 6.07) is 13.5. The maximum absolute atomic E-state index is 13.3. The van der Waals surface area contributed by atoms with E-state index in [1.54, 1.807) is 24.0 Å². The van der Waals surface area contributed by atoms with Crippen LogP contribution in [0.4, 0.5) is 5.69 Å². The second kappa shape index (κ2) is 10.6. The lowest BCUT2D eigenvalue weighted by Crippen LogP contribution is -2.30. The number of hydrogen-bond donors (Lipinski definition) is 3. The number of aliphatic hydroxyl groups is 1. The fourth-order valence-corrected chi connectivity index (χ4v) is 5.47. The molecule has 3 heterocycles. The average molecular weight is 534 g/mol. The first-order valence-electron chi connectivity index (χ1n) is 12.7. The Kier molecular flexibility index (Phi) is 7.29. The zero-order chi connectivity index (χ0) is 27.0. The van der Waals surface area contributed by atoms with Crippen LogP contribution in [0.3, 0.4) is 0 Å². The van der Waals surface area contributed by atoms with Crippen molar-refractivity contribution < 1.29 is 15.0 Å². The molecule has 4 aromatic rings. The minimum Gasteiger partial charge on any atom is -0.508 e. The van der Waals surface area contributed by atoms with Crippen molar-refractivity contribution in [3.8, 4) is 17.0 Å². The van der Waals surface area contributed by atoms with Crippen LogP contribution in [0.2, 0.25) is 5.02 Å². The Labute approximate surface area is 227 Å². The van der Waals surface area contributed by atoms with E-state index in [4.69, 9.17) is 11.6 Å². The molecular formula is C29H32ClN5O3. The molecule has 38 heavy (non-hydrogen) atoms. The van der Waals surface area contributed by atoms with Crippen molar-refractivity contribution in [1.29, 1.82) is 0 Å². The van der Waals surface area contributed by atoms with Gasteiger partial charge in [0.05, 0.1) is 23.1 Å². The van der Waals surface area contributed by atoms with E-state index in [-0.39, 0.29) is 12.5 Å². The molecule has 198 valence electrons. The molecule has 0 saturated heterocycles. The molecular weight excluding hydrogens is 502 g/mol. The number of fused-ring (bicyclic) bond motifs is 1. The van der Waals surface area contributed by atoms with E-state index < -0.39 is 0 Å². The number of aliphatic hydroxyl groups excluding tert-OH is 1. The summed E-state index contributed by atoms with van der Waals surface area (Å²) in [4.78, 5) is 15.7. The van der Waals surface area contributed by atoms with E-state index in [0.29, 0.717) is 35.0 Å². The maximum Gasteiger partial charge on any atom is 0.257 e. The summed E-state index contributed by atoms with van der Waals surface area (Å²) < 4.78 is 3.68. The molecule has 0 unspecified atom stereocenters. The van der Waals surface area contributed by atoms with Gasteiger partial charge < -0.3 is 20.1 Å². The number of amides is 1. The van der Waals surface area contributed by atoms with Crippen molar-refractivity contribution in [2.24, 2.45) is 14.1 Å². The zero-order valence-corrected chi connectivity index (χ0v) is 22.6. The summed E-state index contributed by atoms with van der Waals surface area (Å²) in [5.41, 5.74) is 7.93. The highest BCUT2D eigenvalue weighted by molar-refractivity contribution is 6.30. The first kappa shape index (κ1) is 26.0. The Morgan fingerprint density at radius 2 is 2.00 bits per heavy atom. The van der Waals surface area contributed by atoms with Crippen LogP contribution >= 0.6 is 11.6 Å². The van der Waals surface area contributed by atoms with Crippen LogP contribution < -0.4 is 5.32 Å². The lowest BCUT2D eigenvalue weighted by atomic mass is 9.97. The second-order valence-corrected chi connectivity index (χ2v) is 10.3. The van der Waals surface area contributed by atoms with Crippen LogP contribution in [0.25, 0.3) is 11.3 Å². The Morgan fingerprint density at radius 1 is 1.18 bits per heavy atom. The third kappa shape index (κ3) is 4.95. The van der Waals surface area contributed by atoms with Gasteiger partial charge in [0.15, 0.2) is 0 Å². The molecule has 0 radical (unpaired) electrons. The van der Waals surface area contributed by atoms with Gasteiger partial charge in [-0.05, 0) is 54.3 Å². The Balaban J connectivity index is 1.43. The van der Waals surface area contributed by atoms with Crippen molar-refractivity contribution in [3.05, 3.63) is 87.3 Å². The first-order chi connectivity index (χ1) is 18.3. The molecule has 0 fully saturated rings. The molecule has 0 bridgehead atoms. The molecule has 9 heteroatoms. The number of carbonyl (C=O) groups excluding carboxylic acids is 1. The van der Waals surface area contributed by atoms with E-state index in [1.807, 2.05) is 42.8 Å². The summed E-state index contributed by atoms with van der Waals surface area (Å²) in [5, 5.41) is 27.4. The molecule has 0 spiro atoms. The number of hydrogen-bond acceptors (Lipinski definition) is 5. The van der Waals surface area contributed by atoms with Gasteiger partial charge >= 0.3 is 0 Å². The number of aromatic hydroxyl groups is 1. The van der Waals surface area contributed by atoms with E-state index in [9.17, 15) is 15.0 Å². The van der Waals surface area contributed by atoms with Crippen molar-refractivity contribution in [2.75, 3.05) is 18.5 Å². The molecule has 8 nitrogen and oxygen atoms in total. The number of rotatable bonds is 7. The summed E-state index contributed by atoms with van der Waals surface area (Å²) in [6.07, 6.45) is 2.80. The van der Waals surface area contributed by atoms with Gasteiger partial charge in [-0.1, -0.05) is 29.8 Å². The number of phenolic OH excluding ortho intramolecular Hbond substituents is 1. The number of anilines is 1. The number of aryl methyl sites for hydroxylation is 1. The number of carbonyl (C=O) groups is 1. The normalized spacial score (nSPS) is 13.5. The van der Waals surface area contributed by atoms with E-state index in [2.05, 4.69) is 27.4 Å². The minimum atomic E-state index is -0.229. The highest BCUT2D eigenvalue weighted by Gasteiger charge is 2.23. The highest BCUT2D eigenvalue weighted by Crippen LogP contribution is 2.33. The van der Waals surface area contributed by atoms with Gasteiger partial charge in [0.2, 0.25) is 0 Å². The topological polar surface area (TPSA) is 95.6 Å². The van der Waals surface area contributed by atoms with Gasteiger partial charge in [0.1, 0.15) is 5.75 Å². The fraction of sp³-hybridized carbons (Fsp3) is 0.310. The predicted octanol–water partition coefficient (Wildman–Crippen LogP) is 4.44. The lowest BCUT2D eigenvalue weighted by molar-refractivity contribution is 0.102. The Morgan fingerprint density at radius 3 is 2.79 bits per heavy atom. The molecule has 0 saturated carbocycles. The van der Waals surface area contributed by atoms with Crippen LogP contribution in [-0.2, 0) is 40.0 Å². The SMILES string of the molecule is Cc1c(C(=O)Nc2cnn(C)c2CCO)cc(-c2cc(Cl)ccc2CN2CCc3c(O)cccc3C2)n1C. The Bertz CT molecular complexity index is 1510. The Hall–Kier alpha value is -3.59. The van der Waals surface area contributed by atoms with Gasteiger partial charge in [-0.15, -0.1) is 0 Å². The van der Waals surface area contributed by atoms with Crippen LogP contribution in [0.15, 0.2) is 48.7 Å². The van der Waals surface area contributed by atoms with Crippen LogP contribution in [-0.4, -0.2) is 48.5 Å². The van der Waals surface area contributed by atoms with Crippen LogP contribution in [0, 0.1) is 6.92 Å².